The molecule has 0 saturated carbocycles. The molecule has 0 radical (unpaired) electrons. The molecule has 5 nitrogen and oxygen atoms in total. The van der Waals surface area contributed by atoms with Crippen LogP contribution in [0.15, 0.2) is 0 Å². The lowest BCUT2D eigenvalue weighted by Crippen LogP contribution is -2.49. The maximum atomic E-state index is 12.3. The minimum absolute atomic E-state index is 0.0525. The van der Waals surface area contributed by atoms with E-state index in [1.807, 2.05) is 4.90 Å². The van der Waals surface area contributed by atoms with Gasteiger partial charge in [0.25, 0.3) is 0 Å². The molecule has 134 valence electrons. The lowest BCUT2D eigenvalue weighted by Gasteiger charge is -2.41. The molecule has 0 aromatic carbocycles. The van der Waals surface area contributed by atoms with Gasteiger partial charge in [-0.2, -0.15) is 0 Å². The number of carbonyl (C=O) groups excluding carboxylic acids is 1. The van der Waals surface area contributed by atoms with Gasteiger partial charge >= 0.3 is 0 Å². The Kier molecular flexibility index (Phi) is 6.46. The van der Waals surface area contributed by atoms with Crippen LogP contribution in [0.1, 0.15) is 52.9 Å². The van der Waals surface area contributed by atoms with Crippen LogP contribution >= 0.6 is 0 Å². The molecule has 0 aromatic heterocycles. The van der Waals surface area contributed by atoms with Crippen molar-refractivity contribution in [2.45, 2.75) is 65.0 Å². The van der Waals surface area contributed by atoms with Gasteiger partial charge in [-0.3, -0.25) is 9.69 Å². The standard InChI is InChI=1S/C18H34N2O3/c1-18(2,3)11-17(23)19-7-4-14(5-8-19)12-20-9-6-16(22)10-15(20)13-21/h14-16,21-22H,4-13H2,1-3H3. The molecular weight excluding hydrogens is 292 g/mol. The van der Waals surface area contributed by atoms with Crippen molar-refractivity contribution >= 4 is 5.91 Å². The Balaban J connectivity index is 1.77. The molecule has 2 aliphatic rings. The summed E-state index contributed by atoms with van der Waals surface area (Å²) in [5.74, 6) is 0.878. The zero-order valence-electron chi connectivity index (χ0n) is 15.0. The van der Waals surface area contributed by atoms with Crippen molar-refractivity contribution in [3.63, 3.8) is 0 Å². The summed E-state index contributed by atoms with van der Waals surface area (Å²) in [6.07, 6.45) is 3.94. The van der Waals surface area contributed by atoms with Crippen LogP contribution in [0.5, 0.6) is 0 Å². The predicted molar refractivity (Wildman–Crippen MR) is 91.1 cm³/mol. The zero-order chi connectivity index (χ0) is 17.0. The zero-order valence-corrected chi connectivity index (χ0v) is 15.0. The lowest BCUT2D eigenvalue weighted by atomic mass is 9.89. The Morgan fingerprint density at radius 3 is 2.35 bits per heavy atom. The van der Waals surface area contributed by atoms with E-state index in [0.29, 0.717) is 18.8 Å². The first-order valence-electron chi connectivity index (χ1n) is 9.09. The fourth-order valence-electron chi connectivity index (χ4n) is 3.77. The van der Waals surface area contributed by atoms with Gasteiger partial charge in [0, 0.05) is 38.6 Å². The van der Waals surface area contributed by atoms with Crippen LogP contribution in [0.3, 0.4) is 0 Å². The minimum Gasteiger partial charge on any atom is -0.395 e. The van der Waals surface area contributed by atoms with Gasteiger partial charge in [-0.25, -0.2) is 0 Å². The highest BCUT2D eigenvalue weighted by Gasteiger charge is 2.31. The molecule has 23 heavy (non-hydrogen) atoms. The molecule has 2 unspecified atom stereocenters. The summed E-state index contributed by atoms with van der Waals surface area (Å²) in [6.45, 7) is 10.0. The summed E-state index contributed by atoms with van der Waals surface area (Å²) in [5, 5.41) is 19.3. The molecule has 0 aliphatic carbocycles. The van der Waals surface area contributed by atoms with Crippen molar-refractivity contribution in [2.24, 2.45) is 11.3 Å². The first kappa shape index (κ1) is 18.7. The number of likely N-dealkylation sites (tertiary alicyclic amines) is 2. The maximum absolute atomic E-state index is 12.3. The highest BCUT2D eigenvalue weighted by Crippen LogP contribution is 2.26. The molecule has 2 N–H and O–H groups in total. The first-order chi connectivity index (χ1) is 10.8. The SMILES string of the molecule is CC(C)(C)CC(=O)N1CCC(CN2CCC(O)CC2CO)CC1. The Morgan fingerprint density at radius 1 is 1.13 bits per heavy atom. The normalized spacial score (nSPS) is 28.1. The molecule has 2 aliphatic heterocycles. The highest BCUT2D eigenvalue weighted by atomic mass is 16.3. The van der Waals surface area contributed by atoms with Crippen LogP contribution in [0.4, 0.5) is 0 Å². The van der Waals surface area contributed by atoms with E-state index in [1.165, 1.54) is 0 Å². The molecule has 2 atom stereocenters. The second-order valence-corrected chi connectivity index (χ2v) is 8.57. The van der Waals surface area contributed by atoms with Crippen molar-refractivity contribution in [1.82, 2.24) is 9.80 Å². The van der Waals surface area contributed by atoms with Gasteiger partial charge in [0.1, 0.15) is 0 Å². The molecule has 0 spiro atoms. The van der Waals surface area contributed by atoms with Crippen molar-refractivity contribution in [3.8, 4) is 0 Å². The molecule has 2 heterocycles. The van der Waals surface area contributed by atoms with E-state index in [4.69, 9.17) is 0 Å². The summed E-state index contributed by atoms with van der Waals surface area (Å²) in [4.78, 5) is 16.7. The van der Waals surface area contributed by atoms with Crippen molar-refractivity contribution in [3.05, 3.63) is 0 Å². The monoisotopic (exact) mass is 326 g/mol. The van der Waals surface area contributed by atoms with Gasteiger partial charge in [0.05, 0.1) is 12.7 Å². The van der Waals surface area contributed by atoms with E-state index in [2.05, 4.69) is 25.7 Å². The molecule has 1 amide bonds. The van der Waals surface area contributed by atoms with Crippen LogP contribution in [0.25, 0.3) is 0 Å². The number of amides is 1. The fraction of sp³-hybridized carbons (Fsp3) is 0.944. The van der Waals surface area contributed by atoms with Crippen molar-refractivity contribution in [2.75, 3.05) is 32.8 Å². The van der Waals surface area contributed by atoms with E-state index in [9.17, 15) is 15.0 Å². The van der Waals surface area contributed by atoms with Gasteiger partial charge < -0.3 is 15.1 Å². The second-order valence-electron chi connectivity index (χ2n) is 8.57. The predicted octanol–water partition coefficient (Wildman–Crippen LogP) is 1.48. The van der Waals surface area contributed by atoms with Gasteiger partial charge in [0.15, 0.2) is 0 Å². The molecule has 0 bridgehead atoms. The van der Waals surface area contributed by atoms with Gasteiger partial charge in [-0.15, -0.1) is 0 Å². The van der Waals surface area contributed by atoms with Crippen LogP contribution in [0, 0.1) is 11.3 Å². The number of hydrogen-bond acceptors (Lipinski definition) is 4. The maximum Gasteiger partial charge on any atom is 0.223 e. The average molecular weight is 326 g/mol. The van der Waals surface area contributed by atoms with Gasteiger partial charge in [0.2, 0.25) is 5.91 Å². The molecule has 2 rings (SSSR count). The number of piperidine rings is 2. The topological polar surface area (TPSA) is 64.0 Å². The van der Waals surface area contributed by atoms with Crippen LogP contribution < -0.4 is 0 Å². The summed E-state index contributed by atoms with van der Waals surface area (Å²) in [5.41, 5.74) is 0.0525. The minimum atomic E-state index is -0.264. The Labute approximate surface area is 140 Å². The first-order valence-corrected chi connectivity index (χ1v) is 9.09. The lowest BCUT2D eigenvalue weighted by molar-refractivity contribution is -0.134. The van der Waals surface area contributed by atoms with Gasteiger partial charge in [-0.05, 0) is 37.0 Å². The largest absolute Gasteiger partial charge is 0.395 e. The average Bonchev–Trinajstić information content (AvgIpc) is 2.48. The molecular formula is C18H34N2O3. The molecule has 5 heteroatoms. The summed E-state index contributed by atoms with van der Waals surface area (Å²) in [7, 11) is 0. The Bertz CT molecular complexity index is 386. The van der Waals surface area contributed by atoms with E-state index >= 15 is 0 Å². The third-order valence-corrected chi connectivity index (χ3v) is 5.16. The number of nitrogens with zero attached hydrogens (tertiary/aromatic N) is 2. The van der Waals surface area contributed by atoms with Crippen LogP contribution in [0.2, 0.25) is 0 Å². The van der Waals surface area contributed by atoms with E-state index in [-0.39, 0.29) is 30.1 Å². The summed E-state index contributed by atoms with van der Waals surface area (Å²) in [6, 6.07) is 0.0966. The van der Waals surface area contributed by atoms with Crippen LogP contribution in [-0.4, -0.2) is 70.9 Å². The van der Waals surface area contributed by atoms with E-state index in [1.54, 1.807) is 0 Å². The summed E-state index contributed by atoms with van der Waals surface area (Å²) < 4.78 is 0. The smallest absolute Gasteiger partial charge is 0.223 e. The number of rotatable bonds is 4. The Morgan fingerprint density at radius 2 is 1.78 bits per heavy atom. The molecule has 2 fully saturated rings. The van der Waals surface area contributed by atoms with Crippen molar-refractivity contribution < 1.29 is 15.0 Å². The third-order valence-electron chi connectivity index (χ3n) is 5.16. The third kappa shape index (κ3) is 5.73. The number of carbonyl (C=O) groups is 1. The van der Waals surface area contributed by atoms with E-state index < -0.39 is 0 Å². The van der Waals surface area contributed by atoms with Gasteiger partial charge in [-0.1, -0.05) is 20.8 Å². The Hall–Kier alpha value is -0.650. The second kappa shape index (κ2) is 7.95. The molecule has 2 saturated heterocycles. The summed E-state index contributed by atoms with van der Waals surface area (Å²) >= 11 is 0. The van der Waals surface area contributed by atoms with Crippen LogP contribution in [-0.2, 0) is 4.79 Å². The molecule has 0 aromatic rings. The fourth-order valence-corrected chi connectivity index (χ4v) is 3.77. The number of aliphatic hydroxyl groups is 2. The highest BCUT2D eigenvalue weighted by molar-refractivity contribution is 5.76. The quantitative estimate of drug-likeness (QED) is 0.821. The number of hydrogen-bond donors (Lipinski definition) is 2. The van der Waals surface area contributed by atoms with E-state index in [0.717, 1.165) is 45.4 Å². The number of aliphatic hydroxyl groups excluding tert-OH is 2. The van der Waals surface area contributed by atoms with Crippen molar-refractivity contribution in [1.29, 1.82) is 0 Å².